The summed E-state index contributed by atoms with van der Waals surface area (Å²) in [6.45, 7) is 18.1. The van der Waals surface area contributed by atoms with Gasteiger partial charge in [-0.2, -0.15) is 0 Å². The summed E-state index contributed by atoms with van der Waals surface area (Å²) in [5.74, 6) is 0. The SMILES string of the molecule is Cc1ccc2c(c1)c1cc(C)ccc1n2-c1ccc(C(C)(C)c2ccc(C(C)(C)c3ccc(-n4c5ccc(C)cc5c5cc(C)ccc54)cc3)cc2)cc1. The second-order valence-electron chi connectivity index (χ2n) is 16.7. The Balaban J connectivity index is 1.000. The summed E-state index contributed by atoms with van der Waals surface area (Å²) in [7, 11) is 0. The average molecular weight is 701 g/mol. The van der Waals surface area contributed by atoms with Crippen LogP contribution >= 0.6 is 0 Å². The first-order chi connectivity index (χ1) is 25.9. The van der Waals surface area contributed by atoms with Crippen LogP contribution in [0.3, 0.4) is 0 Å². The molecule has 0 aliphatic carbocycles. The monoisotopic (exact) mass is 700 g/mol. The summed E-state index contributed by atoms with van der Waals surface area (Å²) < 4.78 is 4.82. The number of hydrogen-bond acceptors (Lipinski definition) is 0. The van der Waals surface area contributed by atoms with Crippen molar-refractivity contribution in [1.82, 2.24) is 9.13 Å². The van der Waals surface area contributed by atoms with Crippen LogP contribution in [-0.2, 0) is 10.8 Å². The molecule has 2 heteroatoms. The van der Waals surface area contributed by atoms with Crippen LogP contribution in [0.4, 0.5) is 0 Å². The zero-order chi connectivity index (χ0) is 37.5. The summed E-state index contributed by atoms with van der Waals surface area (Å²) in [4.78, 5) is 0. The Kier molecular flexibility index (Phi) is 7.76. The first-order valence-electron chi connectivity index (χ1n) is 19.3. The molecule has 0 amide bonds. The summed E-state index contributed by atoms with van der Waals surface area (Å²) in [5, 5.41) is 5.24. The van der Waals surface area contributed by atoms with Gasteiger partial charge in [0.25, 0.3) is 0 Å². The predicted molar refractivity (Wildman–Crippen MR) is 231 cm³/mol. The van der Waals surface area contributed by atoms with Crippen LogP contribution in [0.25, 0.3) is 55.0 Å². The number of aryl methyl sites for hydroxylation is 4. The number of hydrogen-bond donors (Lipinski definition) is 0. The van der Waals surface area contributed by atoms with E-state index >= 15 is 0 Å². The van der Waals surface area contributed by atoms with Crippen molar-refractivity contribution in [2.24, 2.45) is 0 Å². The number of aromatic nitrogens is 2. The Morgan fingerprint density at radius 3 is 0.759 bits per heavy atom. The van der Waals surface area contributed by atoms with Crippen molar-refractivity contribution in [3.63, 3.8) is 0 Å². The molecule has 9 rings (SSSR count). The van der Waals surface area contributed by atoms with Crippen LogP contribution in [0, 0.1) is 27.7 Å². The van der Waals surface area contributed by atoms with Crippen molar-refractivity contribution >= 4 is 43.6 Å². The van der Waals surface area contributed by atoms with Crippen LogP contribution < -0.4 is 0 Å². The maximum Gasteiger partial charge on any atom is 0.0541 e. The summed E-state index contributed by atoms with van der Waals surface area (Å²) in [5.41, 5.74) is 17.4. The van der Waals surface area contributed by atoms with Gasteiger partial charge in [0.2, 0.25) is 0 Å². The number of benzene rings is 7. The normalized spacial score (nSPS) is 12.4. The molecule has 0 atom stereocenters. The third-order valence-electron chi connectivity index (χ3n) is 12.2. The fourth-order valence-corrected chi connectivity index (χ4v) is 8.75. The topological polar surface area (TPSA) is 9.86 Å². The molecule has 0 aliphatic heterocycles. The highest BCUT2D eigenvalue weighted by Gasteiger charge is 2.27. The Hall–Kier alpha value is -5.86. The van der Waals surface area contributed by atoms with E-state index in [1.165, 1.54) is 99.5 Å². The Bertz CT molecular complexity index is 2560. The van der Waals surface area contributed by atoms with Gasteiger partial charge in [0.05, 0.1) is 22.1 Å². The lowest BCUT2D eigenvalue weighted by atomic mass is 9.74. The van der Waals surface area contributed by atoms with Gasteiger partial charge in [0, 0.05) is 43.7 Å². The molecule has 0 N–H and O–H groups in total. The molecule has 0 saturated heterocycles. The molecule has 0 aliphatic rings. The number of rotatable bonds is 6. The Labute approximate surface area is 319 Å². The van der Waals surface area contributed by atoms with Crippen LogP contribution in [0.2, 0.25) is 0 Å². The molecule has 0 spiro atoms. The van der Waals surface area contributed by atoms with E-state index in [1.807, 2.05) is 0 Å². The minimum absolute atomic E-state index is 0.155. The van der Waals surface area contributed by atoms with Crippen molar-refractivity contribution in [1.29, 1.82) is 0 Å². The molecule has 0 fully saturated rings. The van der Waals surface area contributed by atoms with E-state index in [4.69, 9.17) is 0 Å². The third-order valence-corrected chi connectivity index (χ3v) is 12.2. The molecule has 2 nitrogen and oxygen atoms in total. The highest BCUT2D eigenvalue weighted by Crippen LogP contribution is 2.39. The van der Waals surface area contributed by atoms with Crippen molar-refractivity contribution in [3.8, 4) is 11.4 Å². The van der Waals surface area contributed by atoms with E-state index in [9.17, 15) is 0 Å². The number of fused-ring (bicyclic) bond motifs is 6. The van der Waals surface area contributed by atoms with Gasteiger partial charge >= 0.3 is 0 Å². The quantitative estimate of drug-likeness (QED) is 0.163. The third kappa shape index (κ3) is 5.38. The van der Waals surface area contributed by atoms with Crippen LogP contribution in [0.1, 0.15) is 72.2 Å². The molecule has 0 unspecified atom stereocenters. The second-order valence-corrected chi connectivity index (χ2v) is 16.7. The van der Waals surface area contributed by atoms with E-state index in [1.54, 1.807) is 0 Å². The minimum atomic E-state index is -0.155. The fraction of sp³-hybridized carbons (Fsp3) is 0.192. The summed E-state index contributed by atoms with van der Waals surface area (Å²) in [6.07, 6.45) is 0. The van der Waals surface area contributed by atoms with Crippen LogP contribution in [-0.4, -0.2) is 9.13 Å². The lowest BCUT2D eigenvalue weighted by Crippen LogP contribution is -2.21. The minimum Gasteiger partial charge on any atom is -0.309 e. The van der Waals surface area contributed by atoms with Crippen molar-refractivity contribution in [2.75, 3.05) is 0 Å². The van der Waals surface area contributed by atoms with Gasteiger partial charge in [0.15, 0.2) is 0 Å². The van der Waals surface area contributed by atoms with E-state index in [-0.39, 0.29) is 10.8 Å². The van der Waals surface area contributed by atoms with Gasteiger partial charge in [-0.05, 0) is 123 Å². The van der Waals surface area contributed by atoms with Crippen molar-refractivity contribution in [2.45, 2.75) is 66.2 Å². The first kappa shape index (κ1) is 33.9. The number of nitrogens with zero attached hydrogens (tertiary/aromatic N) is 2. The van der Waals surface area contributed by atoms with Crippen molar-refractivity contribution < 1.29 is 0 Å². The fourth-order valence-electron chi connectivity index (χ4n) is 8.75. The van der Waals surface area contributed by atoms with E-state index in [0.29, 0.717) is 0 Å². The van der Waals surface area contributed by atoms with E-state index in [0.717, 1.165) is 0 Å². The van der Waals surface area contributed by atoms with Gasteiger partial charge in [-0.3, -0.25) is 0 Å². The maximum absolute atomic E-state index is 2.41. The van der Waals surface area contributed by atoms with Crippen molar-refractivity contribution in [3.05, 3.63) is 190 Å². The second kappa shape index (κ2) is 12.4. The average Bonchev–Trinajstić information content (AvgIpc) is 3.66. The van der Waals surface area contributed by atoms with Crippen LogP contribution in [0.15, 0.2) is 146 Å². The van der Waals surface area contributed by atoms with E-state index < -0.39 is 0 Å². The van der Waals surface area contributed by atoms with Gasteiger partial charge in [-0.1, -0.05) is 123 Å². The molecule has 7 aromatic carbocycles. The molecule has 2 aromatic heterocycles. The molecule has 0 saturated carbocycles. The summed E-state index contributed by atoms with van der Waals surface area (Å²) in [6, 6.07) is 55.0. The largest absolute Gasteiger partial charge is 0.309 e. The van der Waals surface area contributed by atoms with Gasteiger partial charge in [0.1, 0.15) is 0 Å². The molecular formula is C52H48N2. The highest BCUT2D eigenvalue weighted by atomic mass is 15.0. The smallest absolute Gasteiger partial charge is 0.0541 e. The van der Waals surface area contributed by atoms with Gasteiger partial charge in [-0.25, -0.2) is 0 Å². The Morgan fingerprint density at radius 1 is 0.296 bits per heavy atom. The molecule has 2 heterocycles. The molecule has 266 valence electrons. The standard InChI is InChI=1S/C52H48N2/c1-33-9-25-47-43(29-33)44-30-34(2)10-26-48(44)53(47)41-21-17-39(18-22-41)51(5,6)37-13-15-38(16-14-37)52(7,8)40-19-23-42(24-20-40)54-49-27-11-35(3)31-45(49)46-32-36(4)12-28-50(46)54/h9-32H,1-8H3. The lowest BCUT2D eigenvalue weighted by Gasteiger charge is -2.30. The van der Waals surface area contributed by atoms with E-state index in [2.05, 4.69) is 210 Å². The molecule has 9 aromatic rings. The zero-order valence-electron chi connectivity index (χ0n) is 32.8. The van der Waals surface area contributed by atoms with Gasteiger partial charge < -0.3 is 9.13 Å². The maximum atomic E-state index is 2.41. The highest BCUT2D eigenvalue weighted by molar-refractivity contribution is 6.10. The molecule has 54 heavy (non-hydrogen) atoms. The van der Waals surface area contributed by atoms with Crippen LogP contribution in [0.5, 0.6) is 0 Å². The Morgan fingerprint density at radius 2 is 0.519 bits per heavy atom. The molecule has 0 radical (unpaired) electrons. The summed E-state index contributed by atoms with van der Waals surface area (Å²) >= 11 is 0. The first-order valence-corrected chi connectivity index (χ1v) is 19.3. The zero-order valence-corrected chi connectivity index (χ0v) is 32.8. The molecular weight excluding hydrogens is 653 g/mol. The molecule has 0 bridgehead atoms. The van der Waals surface area contributed by atoms with Gasteiger partial charge in [-0.15, -0.1) is 0 Å². The lowest BCUT2D eigenvalue weighted by molar-refractivity contribution is 0.626. The predicted octanol–water partition coefficient (Wildman–Crippen LogP) is 13.8.